The zero-order valence-corrected chi connectivity index (χ0v) is 8.30. The predicted molar refractivity (Wildman–Crippen MR) is 50.4 cm³/mol. The summed E-state index contributed by atoms with van der Waals surface area (Å²) in [5.74, 6) is 0.715. The lowest BCUT2D eigenvalue weighted by molar-refractivity contribution is 0.190. The number of rotatable bonds is 5. The molecule has 0 saturated carbocycles. The van der Waals surface area contributed by atoms with Gasteiger partial charge < -0.3 is 5.73 Å². The molecule has 0 aromatic carbocycles. The molecule has 68 valence electrons. The van der Waals surface area contributed by atoms with Crippen LogP contribution in [0.2, 0.25) is 0 Å². The highest BCUT2D eigenvalue weighted by Gasteiger charge is 2.09. The second-order valence-electron chi connectivity index (χ2n) is 3.63. The SMILES string of the molecule is CCCN(CC(C)C)[C@H](C)N. The van der Waals surface area contributed by atoms with Crippen LogP contribution in [0.5, 0.6) is 0 Å². The Morgan fingerprint density at radius 3 is 2.09 bits per heavy atom. The summed E-state index contributed by atoms with van der Waals surface area (Å²) in [7, 11) is 0. The molecule has 0 fully saturated rings. The quantitative estimate of drug-likeness (QED) is 0.617. The molecule has 0 unspecified atom stereocenters. The molecule has 0 aromatic heterocycles. The third kappa shape index (κ3) is 5.22. The van der Waals surface area contributed by atoms with E-state index in [-0.39, 0.29) is 6.17 Å². The lowest BCUT2D eigenvalue weighted by atomic mass is 10.2. The van der Waals surface area contributed by atoms with E-state index in [4.69, 9.17) is 5.73 Å². The van der Waals surface area contributed by atoms with Gasteiger partial charge in [0.1, 0.15) is 0 Å². The first-order valence-corrected chi connectivity index (χ1v) is 4.57. The van der Waals surface area contributed by atoms with E-state index in [0.717, 1.165) is 13.1 Å². The molecule has 2 heteroatoms. The Balaban J connectivity index is 3.69. The standard InChI is InChI=1S/C9H22N2/c1-5-6-11(9(4)10)7-8(2)3/h8-9H,5-7,10H2,1-4H3/t9-/m1/s1. The van der Waals surface area contributed by atoms with Gasteiger partial charge in [-0.3, -0.25) is 4.90 Å². The van der Waals surface area contributed by atoms with Gasteiger partial charge in [-0.2, -0.15) is 0 Å². The molecule has 11 heavy (non-hydrogen) atoms. The molecule has 1 atom stereocenters. The van der Waals surface area contributed by atoms with Gasteiger partial charge in [-0.1, -0.05) is 20.8 Å². The molecule has 0 spiro atoms. The fraction of sp³-hybridized carbons (Fsp3) is 1.00. The van der Waals surface area contributed by atoms with Crippen molar-refractivity contribution in [3.8, 4) is 0 Å². The smallest absolute Gasteiger partial charge is 0.0542 e. The molecular formula is C9H22N2. The van der Waals surface area contributed by atoms with Gasteiger partial charge in [0.2, 0.25) is 0 Å². The van der Waals surface area contributed by atoms with Crippen molar-refractivity contribution < 1.29 is 0 Å². The second kappa shape index (κ2) is 5.56. The molecule has 0 aromatic rings. The summed E-state index contributed by atoms with van der Waals surface area (Å²) in [5.41, 5.74) is 5.80. The molecule has 0 aliphatic rings. The van der Waals surface area contributed by atoms with Gasteiger partial charge in [0, 0.05) is 6.54 Å². The highest BCUT2D eigenvalue weighted by Crippen LogP contribution is 2.01. The Morgan fingerprint density at radius 2 is 1.82 bits per heavy atom. The Kier molecular flexibility index (Phi) is 5.51. The van der Waals surface area contributed by atoms with Gasteiger partial charge in [0.05, 0.1) is 6.17 Å². The van der Waals surface area contributed by atoms with Crippen LogP contribution in [0.25, 0.3) is 0 Å². The molecule has 0 bridgehead atoms. The molecule has 0 aliphatic heterocycles. The minimum Gasteiger partial charge on any atom is -0.316 e. The first kappa shape index (κ1) is 10.9. The summed E-state index contributed by atoms with van der Waals surface area (Å²) in [6.45, 7) is 10.9. The fourth-order valence-electron chi connectivity index (χ4n) is 1.22. The third-order valence-electron chi connectivity index (χ3n) is 1.69. The molecule has 0 heterocycles. The van der Waals surface area contributed by atoms with Crippen molar-refractivity contribution in [2.45, 2.75) is 40.3 Å². The Bertz CT molecular complexity index is 89.6. The van der Waals surface area contributed by atoms with Crippen LogP contribution in [0.1, 0.15) is 34.1 Å². The highest BCUT2D eigenvalue weighted by atomic mass is 15.2. The van der Waals surface area contributed by atoms with E-state index < -0.39 is 0 Å². The zero-order valence-electron chi connectivity index (χ0n) is 8.30. The van der Waals surface area contributed by atoms with Crippen molar-refractivity contribution in [3.63, 3.8) is 0 Å². The molecule has 0 aliphatic carbocycles. The van der Waals surface area contributed by atoms with Crippen molar-refractivity contribution in [1.82, 2.24) is 4.90 Å². The summed E-state index contributed by atoms with van der Waals surface area (Å²) >= 11 is 0. The number of nitrogens with two attached hydrogens (primary N) is 1. The zero-order chi connectivity index (χ0) is 8.85. The van der Waals surface area contributed by atoms with Crippen LogP contribution < -0.4 is 5.73 Å². The van der Waals surface area contributed by atoms with Crippen molar-refractivity contribution >= 4 is 0 Å². The normalized spacial score (nSPS) is 14.5. The topological polar surface area (TPSA) is 29.3 Å². The number of hydrogen-bond donors (Lipinski definition) is 1. The van der Waals surface area contributed by atoms with E-state index >= 15 is 0 Å². The summed E-state index contributed by atoms with van der Waals surface area (Å²) in [4.78, 5) is 2.32. The molecular weight excluding hydrogens is 136 g/mol. The van der Waals surface area contributed by atoms with Crippen LogP contribution in [0.15, 0.2) is 0 Å². The Labute approximate surface area is 70.8 Å². The van der Waals surface area contributed by atoms with Crippen LogP contribution in [0.3, 0.4) is 0 Å². The Hall–Kier alpha value is -0.0800. The average Bonchev–Trinajstić information content (AvgIpc) is 1.86. The van der Waals surface area contributed by atoms with Gasteiger partial charge in [0.15, 0.2) is 0 Å². The minimum absolute atomic E-state index is 0.206. The van der Waals surface area contributed by atoms with Crippen molar-refractivity contribution in [2.24, 2.45) is 11.7 Å². The van der Waals surface area contributed by atoms with Gasteiger partial charge in [-0.25, -0.2) is 0 Å². The van der Waals surface area contributed by atoms with E-state index in [1.807, 2.05) is 0 Å². The maximum absolute atomic E-state index is 5.80. The number of hydrogen-bond acceptors (Lipinski definition) is 2. The average molecular weight is 158 g/mol. The minimum atomic E-state index is 0.206. The van der Waals surface area contributed by atoms with E-state index in [2.05, 4.69) is 32.6 Å². The monoisotopic (exact) mass is 158 g/mol. The summed E-state index contributed by atoms with van der Waals surface area (Å²) in [5, 5.41) is 0. The molecule has 0 radical (unpaired) electrons. The van der Waals surface area contributed by atoms with Crippen LogP contribution >= 0.6 is 0 Å². The van der Waals surface area contributed by atoms with Crippen LogP contribution in [0.4, 0.5) is 0 Å². The van der Waals surface area contributed by atoms with E-state index in [0.29, 0.717) is 5.92 Å². The summed E-state index contributed by atoms with van der Waals surface area (Å²) < 4.78 is 0. The van der Waals surface area contributed by atoms with Gasteiger partial charge in [-0.05, 0) is 25.8 Å². The molecule has 0 rings (SSSR count). The van der Waals surface area contributed by atoms with E-state index in [9.17, 15) is 0 Å². The van der Waals surface area contributed by atoms with Gasteiger partial charge in [0.25, 0.3) is 0 Å². The van der Waals surface area contributed by atoms with Crippen LogP contribution in [-0.2, 0) is 0 Å². The van der Waals surface area contributed by atoms with Crippen molar-refractivity contribution in [1.29, 1.82) is 0 Å². The Morgan fingerprint density at radius 1 is 1.27 bits per heavy atom. The summed E-state index contributed by atoms with van der Waals surface area (Å²) in [6.07, 6.45) is 1.39. The van der Waals surface area contributed by atoms with Gasteiger partial charge >= 0.3 is 0 Å². The predicted octanol–water partition coefficient (Wildman–Crippen LogP) is 1.66. The lowest BCUT2D eigenvalue weighted by Gasteiger charge is -2.27. The fourth-order valence-corrected chi connectivity index (χ4v) is 1.22. The van der Waals surface area contributed by atoms with E-state index in [1.54, 1.807) is 0 Å². The lowest BCUT2D eigenvalue weighted by Crippen LogP contribution is -2.42. The van der Waals surface area contributed by atoms with Gasteiger partial charge in [-0.15, -0.1) is 0 Å². The largest absolute Gasteiger partial charge is 0.316 e. The first-order chi connectivity index (χ1) is 5.07. The van der Waals surface area contributed by atoms with Crippen molar-refractivity contribution in [3.05, 3.63) is 0 Å². The number of nitrogens with zero attached hydrogens (tertiary/aromatic N) is 1. The van der Waals surface area contributed by atoms with Crippen molar-refractivity contribution in [2.75, 3.05) is 13.1 Å². The first-order valence-electron chi connectivity index (χ1n) is 4.57. The maximum atomic E-state index is 5.80. The molecule has 2 nitrogen and oxygen atoms in total. The third-order valence-corrected chi connectivity index (χ3v) is 1.69. The molecule has 2 N–H and O–H groups in total. The van der Waals surface area contributed by atoms with Crippen LogP contribution in [-0.4, -0.2) is 24.2 Å². The second-order valence-corrected chi connectivity index (χ2v) is 3.63. The highest BCUT2D eigenvalue weighted by molar-refractivity contribution is 4.62. The molecule has 0 saturated heterocycles. The van der Waals surface area contributed by atoms with E-state index in [1.165, 1.54) is 6.42 Å². The molecule has 0 amide bonds. The maximum Gasteiger partial charge on any atom is 0.0542 e. The summed E-state index contributed by atoms with van der Waals surface area (Å²) in [6, 6.07) is 0. The van der Waals surface area contributed by atoms with Crippen LogP contribution in [0, 0.1) is 5.92 Å².